The molecule has 1 aliphatic rings. The van der Waals surface area contributed by atoms with Gasteiger partial charge in [0.2, 0.25) is 0 Å². The number of hydrogen-bond donors (Lipinski definition) is 1. The number of ether oxygens (including phenoxy) is 1. The van der Waals surface area contributed by atoms with E-state index in [0.29, 0.717) is 6.04 Å². The Hall–Kier alpha value is -1.80. The molecular weight excluding hydrogens is 258 g/mol. The number of nitrogens with one attached hydrogen (secondary N) is 1. The van der Waals surface area contributed by atoms with E-state index >= 15 is 0 Å². The monoisotopic (exact) mass is 281 g/mol. The Morgan fingerprint density at radius 1 is 1.05 bits per heavy atom. The molecule has 2 aromatic carbocycles. The van der Waals surface area contributed by atoms with Crippen molar-refractivity contribution in [2.45, 2.75) is 38.8 Å². The second kappa shape index (κ2) is 6.31. The summed E-state index contributed by atoms with van der Waals surface area (Å²) in [6.07, 6.45) is 2.66. The number of rotatable bonds is 6. The largest absolute Gasteiger partial charge is 0.484 e. The summed E-state index contributed by atoms with van der Waals surface area (Å²) < 4.78 is 6.33. The van der Waals surface area contributed by atoms with Crippen LogP contribution >= 0.6 is 0 Å². The van der Waals surface area contributed by atoms with Gasteiger partial charge in [0, 0.05) is 12.6 Å². The molecular formula is C19H23NO. The molecule has 0 radical (unpaired) electrons. The molecule has 1 aliphatic carbocycles. The van der Waals surface area contributed by atoms with Crippen molar-refractivity contribution in [3.63, 3.8) is 0 Å². The Bertz CT molecular complexity index is 590. The third-order valence-electron chi connectivity index (χ3n) is 4.16. The summed E-state index contributed by atoms with van der Waals surface area (Å²) in [6, 6.07) is 17.4. The molecule has 2 nitrogen and oxygen atoms in total. The van der Waals surface area contributed by atoms with Gasteiger partial charge < -0.3 is 10.1 Å². The summed E-state index contributed by atoms with van der Waals surface area (Å²) in [5, 5.41) is 3.58. The van der Waals surface area contributed by atoms with E-state index in [0.717, 1.165) is 12.3 Å². The average molecular weight is 281 g/mol. The minimum atomic E-state index is 0.0623. The van der Waals surface area contributed by atoms with Crippen molar-refractivity contribution in [3.05, 3.63) is 65.2 Å². The van der Waals surface area contributed by atoms with E-state index in [9.17, 15) is 0 Å². The van der Waals surface area contributed by atoms with Crippen LogP contribution in [-0.2, 0) is 0 Å². The fourth-order valence-electron chi connectivity index (χ4n) is 2.46. The Morgan fingerprint density at radius 3 is 2.52 bits per heavy atom. The maximum Gasteiger partial charge on any atom is 0.136 e. The fraction of sp³-hybridized carbons (Fsp3) is 0.368. The highest BCUT2D eigenvalue weighted by Gasteiger charge is 2.23. The predicted octanol–water partition coefficient (Wildman–Crippen LogP) is 4.18. The average Bonchev–Trinajstić information content (AvgIpc) is 3.33. The molecule has 110 valence electrons. The first-order valence-corrected chi connectivity index (χ1v) is 7.75. The van der Waals surface area contributed by atoms with E-state index in [-0.39, 0.29) is 6.10 Å². The maximum absolute atomic E-state index is 6.33. The molecule has 0 heterocycles. The topological polar surface area (TPSA) is 21.3 Å². The minimum Gasteiger partial charge on any atom is -0.484 e. The van der Waals surface area contributed by atoms with Crippen molar-refractivity contribution >= 4 is 0 Å². The molecule has 21 heavy (non-hydrogen) atoms. The Labute approximate surface area is 127 Å². The molecule has 1 unspecified atom stereocenters. The van der Waals surface area contributed by atoms with Crippen molar-refractivity contribution in [1.82, 2.24) is 5.32 Å². The highest BCUT2D eigenvalue weighted by Crippen LogP contribution is 2.27. The predicted molar refractivity (Wildman–Crippen MR) is 86.8 cm³/mol. The Morgan fingerprint density at radius 2 is 1.81 bits per heavy atom. The maximum atomic E-state index is 6.33. The zero-order chi connectivity index (χ0) is 14.7. The third-order valence-corrected chi connectivity index (χ3v) is 4.16. The highest BCUT2D eigenvalue weighted by atomic mass is 16.5. The normalized spacial score (nSPS) is 15.7. The van der Waals surface area contributed by atoms with Crippen LogP contribution in [0, 0.1) is 13.8 Å². The van der Waals surface area contributed by atoms with E-state index in [1.54, 1.807) is 0 Å². The Balaban J connectivity index is 1.79. The molecule has 1 saturated carbocycles. The van der Waals surface area contributed by atoms with Crippen molar-refractivity contribution in [2.75, 3.05) is 6.54 Å². The third kappa shape index (κ3) is 3.64. The number of aryl methyl sites for hydroxylation is 1. The van der Waals surface area contributed by atoms with Crippen LogP contribution in [0.5, 0.6) is 5.75 Å². The van der Waals surface area contributed by atoms with Crippen LogP contribution in [0.4, 0.5) is 0 Å². The summed E-state index contributed by atoms with van der Waals surface area (Å²) in [4.78, 5) is 0. The first-order chi connectivity index (χ1) is 10.2. The van der Waals surface area contributed by atoms with Crippen LogP contribution < -0.4 is 10.1 Å². The summed E-state index contributed by atoms with van der Waals surface area (Å²) in [5.41, 5.74) is 3.73. The lowest BCUT2D eigenvalue weighted by Gasteiger charge is -2.22. The van der Waals surface area contributed by atoms with Gasteiger partial charge in [0.1, 0.15) is 11.9 Å². The Kier molecular flexibility index (Phi) is 4.26. The minimum absolute atomic E-state index is 0.0623. The fourth-order valence-corrected chi connectivity index (χ4v) is 2.46. The number of benzene rings is 2. The van der Waals surface area contributed by atoms with E-state index in [2.05, 4.69) is 61.6 Å². The lowest BCUT2D eigenvalue weighted by Crippen LogP contribution is -2.27. The first kappa shape index (κ1) is 14.2. The van der Waals surface area contributed by atoms with Crippen LogP contribution in [0.3, 0.4) is 0 Å². The molecule has 1 atom stereocenters. The summed E-state index contributed by atoms with van der Waals surface area (Å²) >= 11 is 0. The van der Waals surface area contributed by atoms with Gasteiger partial charge in [-0.3, -0.25) is 0 Å². The molecule has 0 saturated heterocycles. The van der Waals surface area contributed by atoms with E-state index in [1.807, 2.05) is 6.07 Å². The number of hydrogen-bond acceptors (Lipinski definition) is 2. The van der Waals surface area contributed by atoms with Crippen molar-refractivity contribution < 1.29 is 4.74 Å². The SMILES string of the molecule is Cc1cccc(OC(CNC2CC2)c2ccccc2)c1C. The molecule has 0 amide bonds. The standard InChI is InChI=1S/C19H23NO/c1-14-7-6-10-18(15(14)2)21-19(13-20-17-11-12-17)16-8-4-3-5-9-16/h3-10,17,19-20H,11-13H2,1-2H3. The molecule has 2 aromatic rings. The van der Waals surface area contributed by atoms with Gasteiger partial charge in [0.25, 0.3) is 0 Å². The molecule has 3 rings (SSSR count). The van der Waals surface area contributed by atoms with Crippen molar-refractivity contribution in [2.24, 2.45) is 0 Å². The molecule has 2 heteroatoms. The van der Waals surface area contributed by atoms with Gasteiger partial charge in [0.15, 0.2) is 0 Å². The molecule has 0 spiro atoms. The van der Waals surface area contributed by atoms with Crippen molar-refractivity contribution in [3.8, 4) is 5.75 Å². The van der Waals surface area contributed by atoms with Gasteiger partial charge in [-0.25, -0.2) is 0 Å². The summed E-state index contributed by atoms with van der Waals surface area (Å²) in [6.45, 7) is 5.12. The van der Waals surface area contributed by atoms with Crippen LogP contribution in [0.25, 0.3) is 0 Å². The smallest absolute Gasteiger partial charge is 0.136 e. The second-order valence-corrected chi connectivity index (χ2v) is 5.90. The molecule has 1 fully saturated rings. The highest BCUT2D eigenvalue weighted by molar-refractivity contribution is 5.39. The lowest BCUT2D eigenvalue weighted by atomic mass is 10.1. The zero-order valence-corrected chi connectivity index (χ0v) is 12.8. The van der Waals surface area contributed by atoms with Gasteiger partial charge in [-0.1, -0.05) is 42.5 Å². The van der Waals surface area contributed by atoms with E-state index in [1.165, 1.54) is 29.5 Å². The molecule has 0 bridgehead atoms. The van der Waals surface area contributed by atoms with Gasteiger partial charge in [0.05, 0.1) is 0 Å². The second-order valence-electron chi connectivity index (χ2n) is 5.90. The lowest BCUT2D eigenvalue weighted by molar-refractivity contribution is 0.199. The van der Waals surface area contributed by atoms with Crippen LogP contribution in [0.2, 0.25) is 0 Å². The summed E-state index contributed by atoms with van der Waals surface area (Å²) in [5.74, 6) is 0.987. The first-order valence-electron chi connectivity index (χ1n) is 7.75. The van der Waals surface area contributed by atoms with Crippen LogP contribution in [-0.4, -0.2) is 12.6 Å². The van der Waals surface area contributed by atoms with Crippen molar-refractivity contribution in [1.29, 1.82) is 0 Å². The van der Waals surface area contributed by atoms with E-state index in [4.69, 9.17) is 4.74 Å². The van der Waals surface area contributed by atoms with Gasteiger partial charge in [-0.05, 0) is 49.4 Å². The molecule has 0 aromatic heterocycles. The zero-order valence-electron chi connectivity index (χ0n) is 12.8. The molecule has 1 N–H and O–H groups in total. The van der Waals surface area contributed by atoms with E-state index < -0.39 is 0 Å². The van der Waals surface area contributed by atoms with Crippen LogP contribution in [0.15, 0.2) is 48.5 Å². The quantitative estimate of drug-likeness (QED) is 0.858. The summed E-state index contributed by atoms with van der Waals surface area (Å²) in [7, 11) is 0. The van der Waals surface area contributed by atoms with Gasteiger partial charge >= 0.3 is 0 Å². The van der Waals surface area contributed by atoms with Gasteiger partial charge in [-0.15, -0.1) is 0 Å². The van der Waals surface area contributed by atoms with Crippen LogP contribution in [0.1, 0.15) is 35.6 Å². The molecule has 0 aliphatic heterocycles. The van der Waals surface area contributed by atoms with Gasteiger partial charge in [-0.2, -0.15) is 0 Å².